The highest BCUT2D eigenvalue weighted by Crippen LogP contribution is 2.13. The smallest absolute Gasteiger partial charge is 0.409 e. The lowest BCUT2D eigenvalue weighted by molar-refractivity contribution is 0.0501. The van der Waals surface area contributed by atoms with Crippen LogP contribution < -0.4 is 10.0 Å². The number of hydrogen-bond acceptors (Lipinski definition) is 4. The molecule has 0 fully saturated rings. The molecule has 2 N–H and O–H groups in total. The number of carbonyl (C=O) groups is 1. The average Bonchev–Trinajstić information content (AvgIpc) is 2.25. The first kappa shape index (κ1) is 16.5. The third kappa shape index (κ3) is 6.53. The fraction of sp³-hybridized carbons (Fsp3) is 0.462. The highest BCUT2D eigenvalue weighted by molar-refractivity contribution is 7.88. The molecule has 0 saturated heterocycles. The van der Waals surface area contributed by atoms with Crippen LogP contribution in [0.25, 0.3) is 0 Å². The Morgan fingerprint density at radius 3 is 2.20 bits per heavy atom. The van der Waals surface area contributed by atoms with Crippen LogP contribution in [0.2, 0.25) is 0 Å². The van der Waals surface area contributed by atoms with Crippen LogP contribution in [0.3, 0.4) is 0 Å². The van der Waals surface area contributed by atoms with E-state index in [1.807, 2.05) is 0 Å². The van der Waals surface area contributed by atoms with Crippen molar-refractivity contribution in [2.24, 2.45) is 0 Å². The number of rotatable bonds is 4. The minimum atomic E-state index is -3.48. The van der Waals surface area contributed by atoms with E-state index in [0.717, 1.165) is 6.26 Å². The molecule has 1 aromatic carbocycles. The van der Waals surface area contributed by atoms with Crippen LogP contribution >= 0.6 is 0 Å². The molecule has 0 heterocycles. The lowest BCUT2D eigenvalue weighted by Gasteiger charge is -2.24. The second-order valence-electron chi connectivity index (χ2n) is 5.38. The maximum atomic E-state index is 11.8. The highest BCUT2D eigenvalue weighted by Gasteiger charge is 2.22. The van der Waals surface area contributed by atoms with Gasteiger partial charge in [0.25, 0.3) is 0 Å². The molecule has 0 aliphatic heterocycles. The molecule has 1 unspecified atom stereocenters. The molecule has 1 aromatic rings. The van der Waals surface area contributed by atoms with Crippen molar-refractivity contribution >= 4 is 16.1 Å². The van der Waals surface area contributed by atoms with E-state index in [9.17, 15) is 13.2 Å². The van der Waals surface area contributed by atoms with E-state index in [4.69, 9.17) is 4.74 Å². The number of amides is 1. The monoisotopic (exact) mass is 300 g/mol. The van der Waals surface area contributed by atoms with Gasteiger partial charge in [-0.1, -0.05) is 30.3 Å². The summed E-state index contributed by atoms with van der Waals surface area (Å²) in [7, 11) is -3.48. The molecule has 0 saturated carbocycles. The van der Waals surface area contributed by atoms with Gasteiger partial charge >= 0.3 is 6.09 Å². The van der Waals surface area contributed by atoms with Crippen molar-refractivity contribution in [2.75, 3.05) is 6.26 Å². The lowest BCUT2D eigenvalue weighted by Crippen LogP contribution is -2.42. The largest absolute Gasteiger partial charge is 0.444 e. The van der Waals surface area contributed by atoms with Crippen molar-refractivity contribution < 1.29 is 17.9 Å². The average molecular weight is 300 g/mol. The van der Waals surface area contributed by atoms with Gasteiger partial charge in [0.15, 0.2) is 0 Å². The van der Waals surface area contributed by atoms with Crippen LogP contribution in [0.15, 0.2) is 30.3 Å². The summed E-state index contributed by atoms with van der Waals surface area (Å²) in [5.41, 5.74) is -0.0417. The van der Waals surface area contributed by atoms with Gasteiger partial charge in [0.1, 0.15) is 11.8 Å². The second kappa shape index (κ2) is 6.23. The summed E-state index contributed by atoms with van der Waals surface area (Å²) >= 11 is 0. The van der Waals surface area contributed by atoms with Crippen molar-refractivity contribution in [1.82, 2.24) is 10.0 Å². The van der Waals surface area contributed by atoms with E-state index >= 15 is 0 Å². The third-order valence-electron chi connectivity index (χ3n) is 2.13. The normalized spacial score (nSPS) is 13.6. The van der Waals surface area contributed by atoms with Gasteiger partial charge in [-0.2, -0.15) is 4.72 Å². The quantitative estimate of drug-likeness (QED) is 0.830. The van der Waals surface area contributed by atoms with Crippen molar-refractivity contribution in [3.05, 3.63) is 35.9 Å². The Labute approximate surface area is 119 Å². The van der Waals surface area contributed by atoms with Crippen molar-refractivity contribution in [3.63, 3.8) is 0 Å². The standard InChI is InChI=1S/C13H20N2O4S/c1-13(2,3)19-12(16)14-11(15-20(4,17)18)10-8-6-5-7-9-10/h5-9,11,15H,1-4H3,(H,14,16). The molecule has 0 radical (unpaired) electrons. The molecule has 1 rings (SSSR count). The van der Waals surface area contributed by atoms with Gasteiger partial charge in [-0.3, -0.25) is 0 Å². The predicted molar refractivity (Wildman–Crippen MR) is 76.5 cm³/mol. The van der Waals surface area contributed by atoms with E-state index in [1.165, 1.54) is 0 Å². The molecule has 20 heavy (non-hydrogen) atoms. The van der Waals surface area contributed by atoms with Crippen LogP contribution in [0.5, 0.6) is 0 Å². The van der Waals surface area contributed by atoms with E-state index in [1.54, 1.807) is 51.1 Å². The van der Waals surface area contributed by atoms with Crippen molar-refractivity contribution in [1.29, 1.82) is 0 Å². The predicted octanol–water partition coefficient (Wildman–Crippen LogP) is 1.76. The lowest BCUT2D eigenvalue weighted by atomic mass is 10.2. The molecular formula is C13H20N2O4S. The number of ether oxygens (including phenoxy) is 1. The first-order valence-electron chi connectivity index (χ1n) is 6.08. The molecular weight excluding hydrogens is 280 g/mol. The number of hydrogen-bond donors (Lipinski definition) is 2. The highest BCUT2D eigenvalue weighted by atomic mass is 32.2. The fourth-order valence-corrected chi connectivity index (χ4v) is 2.09. The summed E-state index contributed by atoms with van der Waals surface area (Å²) < 4.78 is 30.2. The zero-order valence-electron chi connectivity index (χ0n) is 12.0. The van der Waals surface area contributed by atoms with Gasteiger partial charge in [-0.05, 0) is 26.3 Å². The Morgan fingerprint density at radius 2 is 1.75 bits per heavy atom. The van der Waals surface area contributed by atoms with E-state index in [-0.39, 0.29) is 0 Å². The maximum absolute atomic E-state index is 11.8. The summed E-state index contributed by atoms with van der Waals surface area (Å²) in [6.45, 7) is 5.19. The Morgan fingerprint density at radius 1 is 1.20 bits per heavy atom. The fourth-order valence-electron chi connectivity index (χ4n) is 1.47. The number of nitrogens with one attached hydrogen (secondary N) is 2. The summed E-state index contributed by atoms with van der Waals surface area (Å²) in [5.74, 6) is 0. The Hall–Kier alpha value is -1.60. The van der Waals surface area contributed by atoms with Gasteiger partial charge in [-0.25, -0.2) is 13.2 Å². The van der Waals surface area contributed by atoms with Crippen LogP contribution in [0.4, 0.5) is 4.79 Å². The van der Waals surface area contributed by atoms with Crippen molar-refractivity contribution in [2.45, 2.75) is 32.5 Å². The topological polar surface area (TPSA) is 84.5 Å². The molecule has 1 amide bonds. The SMILES string of the molecule is CC(C)(C)OC(=O)NC(NS(C)(=O)=O)c1ccccc1. The van der Waals surface area contributed by atoms with E-state index < -0.39 is 27.9 Å². The van der Waals surface area contributed by atoms with E-state index in [0.29, 0.717) is 5.56 Å². The van der Waals surface area contributed by atoms with Crippen LogP contribution in [-0.2, 0) is 14.8 Å². The first-order valence-corrected chi connectivity index (χ1v) is 7.98. The minimum absolute atomic E-state index is 0.615. The van der Waals surface area contributed by atoms with Crippen molar-refractivity contribution in [3.8, 4) is 0 Å². The number of carbonyl (C=O) groups excluding carboxylic acids is 1. The number of benzene rings is 1. The molecule has 0 aromatic heterocycles. The molecule has 0 aliphatic carbocycles. The summed E-state index contributed by atoms with van der Waals surface area (Å²) in [6, 6.07) is 8.72. The minimum Gasteiger partial charge on any atom is -0.444 e. The molecule has 0 spiro atoms. The summed E-state index contributed by atoms with van der Waals surface area (Å²) in [5, 5.41) is 2.49. The second-order valence-corrected chi connectivity index (χ2v) is 7.16. The van der Waals surface area contributed by atoms with Crippen LogP contribution in [0.1, 0.15) is 32.5 Å². The first-order chi connectivity index (χ1) is 9.07. The van der Waals surface area contributed by atoms with E-state index in [2.05, 4.69) is 10.0 Å². The Kier molecular flexibility index (Phi) is 5.13. The Balaban J connectivity index is 2.87. The van der Waals surface area contributed by atoms with Gasteiger partial charge in [-0.15, -0.1) is 0 Å². The molecule has 112 valence electrons. The molecule has 1 atom stereocenters. The third-order valence-corrected chi connectivity index (χ3v) is 2.79. The zero-order valence-corrected chi connectivity index (χ0v) is 12.8. The number of sulfonamides is 1. The van der Waals surface area contributed by atoms with Gasteiger partial charge in [0.2, 0.25) is 10.0 Å². The maximum Gasteiger partial charge on any atom is 0.409 e. The molecule has 0 aliphatic rings. The van der Waals surface area contributed by atoms with Crippen LogP contribution in [0, 0.1) is 0 Å². The summed E-state index contributed by atoms with van der Waals surface area (Å²) in [4.78, 5) is 11.8. The zero-order chi connectivity index (χ0) is 15.4. The van der Waals surface area contributed by atoms with Gasteiger partial charge in [0.05, 0.1) is 6.26 Å². The Bertz CT molecular complexity index is 549. The number of alkyl carbamates (subject to hydrolysis) is 1. The van der Waals surface area contributed by atoms with Gasteiger partial charge in [0, 0.05) is 0 Å². The van der Waals surface area contributed by atoms with Gasteiger partial charge < -0.3 is 10.1 Å². The molecule has 7 heteroatoms. The molecule has 0 bridgehead atoms. The van der Waals surface area contributed by atoms with Crippen LogP contribution in [-0.4, -0.2) is 26.4 Å². The molecule has 6 nitrogen and oxygen atoms in total. The summed E-state index contributed by atoms with van der Waals surface area (Å²) in [6.07, 6.45) is -0.539.